The molecule has 6 nitrogen and oxygen atoms in total. The Hall–Kier alpha value is -2.67. The van der Waals surface area contributed by atoms with Gasteiger partial charge >= 0.3 is 0 Å². The molecule has 0 spiro atoms. The van der Waals surface area contributed by atoms with Gasteiger partial charge in [0.1, 0.15) is 0 Å². The van der Waals surface area contributed by atoms with Crippen molar-refractivity contribution in [1.29, 1.82) is 0 Å². The van der Waals surface area contributed by atoms with Crippen LogP contribution in [0.1, 0.15) is 32.0 Å². The monoisotopic (exact) mass is 385 g/mol. The van der Waals surface area contributed by atoms with Gasteiger partial charge < -0.3 is 5.32 Å². The number of fused-ring (bicyclic) bond motifs is 1. The molecule has 27 heavy (non-hydrogen) atoms. The van der Waals surface area contributed by atoms with Crippen molar-refractivity contribution in [1.82, 2.24) is 15.1 Å². The van der Waals surface area contributed by atoms with Crippen LogP contribution in [0.4, 0.5) is 0 Å². The molecule has 1 N–H and O–H groups in total. The first-order valence-corrected chi connectivity index (χ1v) is 10.6. The lowest BCUT2D eigenvalue weighted by atomic mass is 10.1. The molecule has 0 radical (unpaired) electrons. The predicted molar refractivity (Wildman–Crippen MR) is 105 cm³/mol. The van der Waals surface area contributed by atoms with Crippen LogP contribution in [0.2, 0.25) is 0 Å². The highest BCUT2D eigenvalue weighted by Crippen LogP contribution is 2.20. The number of sulfone groups is 1. The van der Waals surface area contributed by atoms with Gasteiger partial charge in [-0.3, -0.25) is 9.48 Å². The van der Waals surface area contributed by atoms with E-state index >= 15 is 0 Å². The molecule has 7 heteroatoms. The maximum Gasteiger partial charge on any atom is 0.221 e. The van der Waals surface area contributed by atoms with E-state index in [-0.39, 0.29) is 29.0 Å². The van der Waals surface area contributed by atoms with Gasteiger partial charge in [0.15, 0.2) is 9.84 Å². The van der Waals surface area contributed by atoms with Crippen LogP contribution in [0, 0.1) is 0 Å². The summed E-state index contributed by atoms with van der Waals surface area (Å²) < 4.78 is 27.0. The summed E-state index contributed by atoms with van der Waals surface area (Å²) in [5.74, 6) is -0.521. The van der Waals surface area contributed by atoms with E-state index in [1.165, 1.54) is 0 Å². The van der Waals surface area contributed by atoms with E-state index in [0.29, 0.717) is 6.54 Å². The van der Waals surface area contributed by atoms with E-state index in [1.54, 1.807) is 29.1 Å². The minimum absolute atomic E-state index is 0.0836. The van der Waals surface area contributed by atoms with Crippen molar-refractivity contribution in [3.63, 3.8) is 0 Å². The molecule has 0 saturated heterocycles. The molecule has 1 amide bonds. The molecule has 0 aliphatic rings. The van der Waals surface area contributed by atoms with Crippen molar-refractivity contribution in [3.8, 4) is 0 Å². The summed E-state index contributed by atoms with van der Waals surface area (Å²) >= 11 is 0. The highest BCUT2D eigenvalue weighted by molar-refractivity contribution is 7.91. The minimum atomic E-state index is -3.53. The molecule has 2 aromatic carbocycles. The van der Waals surface area contributed by atoms with Crippen molar-refractivity contribution < 1.29 is 13.2 Å². The number of rotatable bonds is 7. The lowest BCUT2D eigenvalue weighted by Gasteiger charge is -2.15. The first kappa shape index (κ1) is 19.1. The van der Waals surface area contributed by atoms with Crippen LogP contribution in [0.3, 0.4) is 0 Å². The quantitative estimate of drug-likeness (QED) is 0.678. The minimum Gasteiger partial charge on any atom is -0.348 e. The Kier molecular flexibility index (Phi) is 5.60. The van der Waals surface area contributed by atoms with Gasteiger partial charge in [0.05, 0.1) is 22.4 Å². The Bertz CT molecular complexity index is 1060. The van der Waals surface area contributed by atoms with Crippen LogP contribution >= 0.6 is 0 Å². The smallest absolute Gasteiger partial charge is 0.221 e. The number of carbonyl (C=O) groups excluding carboxylic acids is 1. The molecule has 0 bridgehead atoms. The lowest BCUT2D eigenvalue weighted by molar-refractivity contribution is -0.121. The second-order valence-corrected chi connectivity index (χ2v) is 8.55. The summed E-state index contributed by atoms with van der Waals surface area (Å²) in [5, 5.41) is 8.88. The van der Waals surface area contributed by atoms with Crippen molar-refractivity contribution in [2.75, 3.05) is 5.75 Å². The third kappa shape index (κ3) is 4.36. The number of carbonyl (C=O) groups is 1. The highest BCUT2D eigenvalue weighted by atomic mass is 32.2. The number of nitrogens with one attached hydrogen (secondary N) is 1. The van der Waals surface area contributed by atoms with E-state index in [1.807, 2.05) is 44.2 Å². The molecule has 0 aliphatic heterocycles. The first-order chi connectivity index (χ1) is 12.9. The Morgan fingerprint density at radius 2 is 1.89 bits per heavy atom. The number of nitrogens with zero attached hydrogens (tertiary/aromatic N) is 2. The number of hydrogen-bond donors (Lipinski definition) is 1. The number of amides is 1. The van der Waals surface area contributed by atoms with Gasteiger partial charge in [0.25, 0.3) is 0 Å². The van der Waals surface area contributed by atoms with Gasteiger partial charge in [0, 0.05) is 19.2 Å². The fourth-order valence-corrected chi connectivity index (χ4v) is 4.34. The largest absolute Gasteiger partial charge is 0.348 e. The fourth-order valence-electron chi connectivity index (χ4n) is 3.07. The average molecular weight is 385 g/mol. The molecule has 0 aliphatic carbocycles. The Morgan fingerprint density at radius 1 is 1.15 bits per heavy atom. The van der Waals surface area contributed by atoms with E-state index in [4.69, 9.17) is 0 Å². The van der Waals surface area contributed by atoms with Crippen molar-refractivity contribution in [2.24, 2.45) is 0 Å². The number of aromatic nitrogens is 2. The zero-order valence-corrected chi connectivity index (χ0v) is 16.2. The van der Waals surface area contributed by atoms with Gasteiger partial charge in [0.2, 0.25) is 5.91 Å². The summed E-state index contributed by atoms with van der Waals surface area (Å²) in [6.45, 7) is 4.54. The van der Waals surface area contributed by atoms with E-state index < -0.39 is 9.84 Å². The second-order valence-electron chi connectivity index (χ2n) is 6.44. The first-order valence-electron chi connectivity index (χ1n) is 8.93. The van der Waals surface area contributed by atoms with Gasteiger partial charge in [-0.25, -0.2) is 8.42 Å². The summed E-state index contributed by atoms with van der Waals surface area (Å²) in [6, 6.07) is 14.2. The molecule has 0 saturated carbocycles. The molecule has 1 atom stereocenters. The van der Waals surface area contributed by atoms with Crippen LogP contribution in [-0.2, 0) is 21.2 Å². The predicted octanol–water partition coefficient (Wildman–Crippen LogP) is 3.10. The molecular weight excluding hydrogens is 362 g/mol. The fraction of sp³-hybridized carbons (Fsp3) is 0.300. The molecule has 0 fully saturated rings. The molecule has 142 valence electrons. The van der Waals surface area contributed by atoms with Gasteiger partial charge in [-0.05, 0) is 42.8 Å². The Morgan fingerprint density at radius 3 is 2.63 bits per heavy atom. The molecule has 3 rings (SSSR count). The summed E-state index contributed by atoms with van der Waals surface area (Å²) in [5.41, 5.74) is 0.892. The van der Waals surface area contributed by atoms with Crippen LogP contribution in [0.25, 0.3) is 10.8 Å². The number of hydrogen-bond acceptors (Lipinski definition) is 4. The summed E-state index contributed by atoms with van der Waals surface area (Å²) in [7, 11) is -3.53. The SMILES string of the molecule is CCn1nccc1C(C)NC(=O)CCS(=O)(=O)c1ccc2ccccc2c1. The molecule has 1 aromatic heterocycles. The van der Waals surface area contributed by atoms with Crippen LogP contribution < -0.4 is 5.32 Å². The second kappa shape index (κ2) is 7.92. The van der Waals surface area contributed by atoms with Crippen LogP contribution in [0.15, 0.2) is 59.6 Å². The molecule has 1 unspecified atom stereocenters. The number of benzene rings is 2. The molecule has 3 aromatic rings. The normalized spacial score (nSPS) is 12.8. The topological polar surface area (TPSA) is 81.1 Å². The summed E-state index contributed by atoms with van der Waals surface area (Å²) in [4.78, 5) is 12.5. The lowest BCUT2D eigenvalue weighted by Crippen LogP contribution is -2.29. The summed E-state index contributed by atoms with van der Waals surface area (Å²) in [6.07, 6.45) is 1.60. The van der Waals surface area contributed by atoms with Crippen LogP contribution in [0.5, 0.6) is 0 Å². The van der Waals surface area contributed by atoms with E-state index in [2.05, 4.69) is 10.4 Å². The standard InChI is InChI=1S/C20H23N3O3S/c1-3-23-19(10-12-21-23)15(2)22-20(24)11-13-27(25,26)18-9-8-16-6-4-5-7-17(16)14-18/h4-10,12,14-15H,3,11,13H2,1-2H3,(H,22,24). The van der Waals surface area contributed by atoms with E-state index in [9.17, 15) is 13.2 Å². The Balaban J connectivity index is 1.64. The van der Waals surface area contributed by atoms with Gasteiger partial charge in [-0.2, -0.15) is 5.10 Å². The average Bonchev–Trinajstić information content (AvgIpc) is 3.15. The van der Waals surface area contributed by atoms with E-state index in [0.717, 1.165) is 16.5 Å². The molecular formula is C20H23N3O3S. The van der Waals surface area contributed by atoms with Crippen molar-refractivity contribution in [2.45, 2.75) is 37.8 Å². The number of aryl methyl sites for hydroxylation is 1. The van der Waals surface area contributed by atoms with Crippen molar-refractivity contribution >= 4 is 26.5 Å². The third-order valence-corrected chi connectivity index (χ3v) is 6.26. The maximum atomic E-state index is 12.6. The van der Waals surface area contributed by atoms with Crippen LogP contribution in [-0.4, -0.2) is 29.9 Å². The van der Waals surface area contributed by atoms with Gasteiger partial charge in [-0.15, -0.1) is 0 Å². The van der Waals surface area contributed by atoms with Gasteiger partial charge in [-0.1, -0.05) is 30.3 Å². The zero-order chi connectivity index (χ0) is 19.4. The molecule has 1 heterocycles. The van der Waals surface area contributed by atoms with Crippen molar-refractivity contribution in [3.05, 3.63) is 60.4 Å². The third-order valence-electron chi connectivity index (χ3n) is 4.55. The Labute approximate surface area is 159 Å². The zero-order valence-electron chi connectivity index (χ0n) is 15.4. The highest BCUT2D eigenvalue weighted by Gasteiger charge is 2.19. The maximum absolute atomic E-state index is 12.6.